The van der Waals surface area contributed by atoms with Gasteiger partial charge >= 0.3 is 11.8 Å². The Kier molecular flexibility index (Phi) is 5.69. The number of para-hydroxylation sites is 2. The highest BCUT2D eigenvalue weighted by Crippen LogP contribution is 2.31. The highest BCUT2D eigenvalue weighted by atomic mass is 35.5. The van der Waals surface area contributed by atoms with Crippen LogP contribution in [0.15, 0.2) is 42.5 Å². The third-order valence-electron chi connectivity index (χ3n) is 5.21. The summed E-state index contributed by atoms with van der Waals surface area (Å²) in [6, 6.07) is 11.6. The van der Waals surface area contributed by atoms with Gasteiger partial charge in [-0.1, -0.05) is 29.8 Å². The second-order valence-electron chi connectivity index (χ2n) is 7.01. The molecule has 0 unspecified atom stereocenters. The van der Waals surface area contributed by atoms with E-state index in [-0.39, 0.29) is 11.6 Å². The first-order valence-electron chi connectivity index (χ1n) is 9.51. The van der Waals surface area contributed by atoms with Gasteiger partial charge in [0.2, 0.25) is 0 Å². The van der Waals surface area contributed by atoms with Crippen molar-refractivity contribution in [2.45, 2.75) is 6.54 Å². The Hall–Kier alpha value is -2.64. The fourth-order valence-electron chi connectivity index (χ4n) is 3.67. The maximum absolute atomic E-state index is 13.3. The van der Waals surface area contributed by atoms with E-state index in [9.17, 15) is 14.0 Å². The lowest BCUT2D eigenvalue weighted by atomic mass is 10.1. The number of amides is 2. The van der Waals surface area contributed by atoms with Crippen LogP contribution >= 0.6 is 11.6 Å². The lowest BCUT2D eigenvalue weighted by molar-refractivity contribution is -0.146. The molecule has 0 saturated carbocycles. The number of morpholine rings is 1. The fourth-order valence-corrected chi connectivity index (χ4v) is 3.90. The summed E-state index contributed by atoms with van der Waals surface area (Å²) in [6.07, 6.45) is 0. The van der Waals surface area contributed by atoms with Crippen LogP contribution < -0.4 is 9.80 Å². The summed E-state index contributed by atoms with van der Waals surface area (Å²) < 4.78 is 18.7. The van der Waals surface area contributed by atoms with Crippen LogP contribution in [0.3, 0.4) is 0 Å². The second kappa shape index (κ2) is 8.39. The van der Waals surface area contributed by atoms with Crippen molar-refractivity contribution in [3.05, 3.63) is 58.9 Å². The van der Waals surface area contributed by atoms with Crippen LogP contribution in [0.5, 0.6) is 0 Å². The summed E-state index contributed by atoms with van der Waals surface area (Å²) in [5.41, 5.74) is 2.26. The SMILES string of the molecule is O=C1C(=O)N(c2ccccc2N2CCOCC2)CCN1Cc1ccc(F)cc1Cl. The number of hydrogen-bond donors (Lipinski definition) is 0. The summed E-state index contributed by atoms with van der Waals surface area (Å²) in [5, 5.41) is 0.241. The first-order chi connectivity index (χ1) is 14.0. The van der Waals surface area contributed by atoms with E-state index in [0.717, 1.165) is 24.5 Å². The lowest BCUT2D eigenvalue weighted by Gasteiger charge is -2.37. The summed E-state index contributed by atoms with van der Waals surface area (Å²) in [6.45, 7) is 3.66. The van der Waals surface area contributed by atoms with Gasteiger partial charge in [0.15, 0.2) is 0 Å². The molecule has 2 heterocycles. The van der Waals surface area contributed by atoms with Gasteiger partial charge in [0.25, 0.3) is 0 Å². The third kappa shape index (κ3) is 4.06. The maximum atomic E-state index is 13.3. The second-order valence-corrected chi connectivity index (χ2v) is 7.41. The molecule has 2 fully saturated rings. The number of carbonyl (C=O) groups excluding carboxylic acids is 2. The van der Waals surface area contributed by atoms with E-state index in [0.29, 0.717) is 31.9 Å². The van der Waals surface area contributed by atoms with E-state index in [2.05, 4.69) is 4.90 Å². The molecular formula is C21H21ClFN3O3. The van der Waals surface area contributed by atoms with Crippen molar-refractivity contribution in [1.29, 1.82) is 0 Å². The predicted octanol–water partition coefficient (Wildman–Crippen LogP) is 2.69. The average Bonchev–Trinajstić information content (AvgIpc) is 2.74. The Morgan fingerprint density at radius 3 is 2.38 bits per heavy atom. The van der Waals surface area contributed by atoms with Crippen LogP contribution in [-0.4, -0.2) is 56.1 Å². The molecule has 2 aliphatic rings. The third-order valence-corrected chi connectivity index (χ3v) is 5.56. The highest BCUT2D eigenvalue weighted by Gasteiger charge is 2.35. The molecule has 4 rings (SSSR count). The number of ether oxygens (including phenoxy) is 1. The molecule has 2 saturated heterocycles. The maximum Gasteiger partial charge on any atom is 0.316 e. The van der Waals surface area contributed by atoms with Gasteiger partial charge in [0.05, 0.1) is 24.6 Å². The van der Waals surface area contributed by atoms with Crippen molar-refractivity contribution in [2.24, 2.45) is 0 Å². The quantitative estimate of drug-likeness (QED) is 0.718. The Morgan fingerprint density at radius 2 is 1.66 bits per heavy atom. The van der Waals surface area contributed by atoms with E-state index in [1.165, 1.54) is 28.0 Å². The van der Waals surface area contributed by atoms with Gasteiger partial charge in [-0.15, -0.1) is 0 Å². The Labute approximate surface area is 173 Å². The minimum Gasteiger partial charge on any atom is -0.378 e. The Morgan fingerprint density at radius 1 is 0.931 bits per heavy atom. The molecule has 8 heteroatoms. The van der Waals surface area contributed by atoms with E-state index < -0.39 is 17.6 Å². The van der Waals surface area contributed by atoms with Crippen molar-refractivity contribution < 1.29 is 18.7 Å². The van der Waals surface area contributed by atoms with Crippen LogP contribution in [0.25, 0.3) is 0 Å². The number of anilines is 2. The molecule has 2 aromatic carbocycles. The van der Waals surface area contributed by atoms with Crippen LogP contribution in [0.4, 0.5) is 15.8 Å². The Balaban J connectivity index is 1.53. The van der Waals surface area contributed by atoms with Gasteiger partial charge in [0.1, 0.15) is 5.82 Å². The minimum absolute atomic E-state index is 0.169. The first kappa shape index (κ1) is 19.7. The average molecular weight is 418 g/mol. The fraction of sp³-hybridized carbons (Fsp3) is 0.333. The predicted molar refractivity (Wildman–Crippen MR) is 109 cm³/mol. The summed E-state index contributed by atoms with van der Waals surface area (Å²) in [4.78, 5) is 30.8. The molecule has 0 aromatic heterocycles. The topological polar surface area (TPSA) is 53.1 Å². The number of piperazine rings is 1. The number of hydrogen-bond acceptors (Lipinski definition) is 4. The van der Waals surface area contributed by atoms with Crippen LogP contribution in [-0.2, 0) is 20.9 Å². The van der Waals surface area contributed by atoms with Gasteiger partial charge in [0, 0.05) is 37.7 Å². The Bertz CT molecular complexity index is 933. The molecule has 2 aliphatic heterocycles. The first-order valence-corrected chi connectivity index (χ1v) is 9.89. The molecule has 0 aliphatic carbocycles. The molecule has 29 heavy (non-hydrogen) atoms. The summed E-state index contributed by atoms with van der Waals surface area (Å²) in [5.74, 6) is -1.60. The van der Waals surface area contributed by atoms with Gasteiger partial charge in [-0.2, -0.15) is 0 Å². The molecule has 6 nitrogen and oxygen atoms in total. The van der Waals surface area contributed by atoms with Crippen molar-refractivity contribution >= 4 is 34.8 Å². The zero-order valence-electron chi connectivity index (χ0n) is 15.8. The van der Waals surface area contributed by atoms with E-state index in [1.54, 1.807) is 0 Å². The van der Waals surface area contributed by atoms with Crippen LogP contribution in [0.2, 0.25) is 5.02 Å². The molecule has 0 atom stereocenters. The normalized spacial score (nSPS) is 17.8. The summed E-state index contributed by atoms with van der Waals surface area (Å²) >= 11 is 6.08. The molecule has 2 aromatic rings. The lowest BCUT2D eigenvalue weighted by Crippen LogP contribution is -2.54. The minimum atomic E-state index is -0.589. The molecule has 2 amide bonds. The number of benzene rings is 2. The molecule has 0 bridgehead atoms. The van der Waals surface area contributed by atoms with Crippen LogP contribution in [0, 0.1) is 5.82 Å². The highest BCUT2D eigenvalue weighted by molar-refractivity contribution is 6.41. The van der Waals surface area contributed by atoms with Crippen molar-refractivity contribution in [3.63, 3.8) is 0 Å². The van der Waals surface area contributed by atoms with Crippen molar-refractivity contribution in [1.82, 2.24) is 4.90 Å². The monoisotopic (exact) mass is 417 g/mol. The van der Waals surface area contributed by atoms with E-state index in [4.69, 9.17) is 16.3 Å². The largest absolute Gasteiger partial charge is 0.378 e. The standard InChI is InChI=1S/C21H21ClFN3O3/c22-17-13-16(23)6-5-15(17)14-25-7-8-26(21(28)20(25)27)19-4-2-1-3-18(19)24-9-11-29-12-10-24/h1-6,13H,7-12,14H2. The number of halogens is 2. The molecule has 0 radical (unpaired) electrons. The zero-order chi connectivity index (χ0) is 20.4. The van der Waals surface area contributed by atoms with E-state index in [1.807, 2.05) is 24.3 Å². The zero-order valence-corrected chi connectivity index (χ0v) is 16.6. The smallest absolute Gasteiger partial charge is 0.316 e. The summed E-state index contributed by atoms with van der Waals surface area (Å²) in [7, 11) is 0. The van der Waals surface area contributed by atoms with E-state index >= 15 is 0 Å². The van der Waals surface area contributed by atoms with Crippen molar-refractivity contribution in [3.8, 4) is 0 Å². The van der Waals surface area contributed by atoms with Gasteiger partial charge in [-0.25, -0.2) is 4.39 Å². The molecule has 0 N–H and O–H groups in total. The number of nitrogens with zero attached hydrogens (tertiary/aromatic N) is 3. The molecule has 0 spiro atoms. The van der Waals surface area contributed by atoms with Crippen molar-refractivity contribution in [2.75, 3.05) is 49.2 Å². The molecular weight excluding hydrogens is 397 g/mol. The molecule has 152 valence electrons. The number of carbonyl (C=O) groups is 2. The van der Waals surface area contributed by atoms with Gasteiger partial charge < -0.3 is 19.4 Å². The van der Waals surface area contributed by atoms with Gasteiger partial charge in [-0.3, -0.25) is 9.59 Å². The van der Waals surface area contributed by atoms with Gasteiger partial charge in [-0.05, 0) is 29.8 Å². The van der Waals surface area contributed by atoms with Crippen LogP contribution in [0.1, 0.15) is 5.56 Å². The number of rotatable bonds is 4.